The van der Waals surface area contributed by atoms with Crippen molar-refractivity contribution in [2.45, 2.75) is 38.6 Å². The van der Waals surface area contributed by atoms with Crippen LogP contribution >= 0.6 is 11.6 Å². The van der Waals surface area contributed by atoms with Gasteiger partial charge in [0.1, 0.15) is 5.82 Å². The quantitative estimate of drug-likeness (QED) is 0.562. The van der Waals surface area contributed by atoms with Crippen LogP contribution in [0.25, 0.3) is 0 Å². The Labute approximate surface area is 187 Å². The molecule has 166 valence electrons. The summed E-state index contributed by atoms with van der Waals surface area (Å²) in [5, 5.41) is 9.43. The molecular weight excluding hydrogens is 417 g/mol. The molecule has 2 aromatic rings. The van der Waals surface area contributed by atoms with Gasteiger partial charge in [-0.15, -0.1) is 0 Å². The molecule has 31 heavy (non-hydrogen) atoms. The maximum atomic E-state index is 12.9. The highest BCUT2D eigenvalue weighted by Crippen LogP contribution is 2.28. The molecule has 0 atom stereocenters. The number of halogens is 2. The normalized spacial score (nSPS) is 18.3. The van der Waals surface area contributed by atoms with Crippen LogP contribution in [-0.4, -0.2) is 25.0 Å². The number of urea groups is 1. The van der Waals surface area contributed by atoms with Gasteiger partial charge in [0.05, 0.1) is 6.42 Å². The maximum Gasteiger partial charge on any atom is 0.315 e. The van der Waals surface area contributed by atoms with Crippen LogP contribution in [0.1, 0.15) is 36.8 Å². The Morgan fingerprint density at radius 2 is 1.35 bits per heavy atom. The van der Waals surface area contributed by atoms with Crippen molar-refractivity contribution in [3.8, 4) is 0 Å². The Kier molecular flexibility index (Phi) is 8.71. The van der Waals surface area contributed by atoms with Crippen molar-refractivity contribution in [2.75, 3.05) is 13.1 Å². The number of hydrogen-bond donors (Lipinski definition) is 3. The van der Waals surface area contributed by atoms with E-state index in [9.17, 15) is 14.0 Å². The van der Waals surface area contributed by atoms with Crippen molar-refractivity contribution in [1.29, 1.82) is 0 Å². The molecule has 5 nitrogen and oxygen atoms in total. The van der Waals surface area contributed by atoms with Gasteiger partial charge in [-0.05, 0) is 72.9 Å². The first-order chi connectivity index (χ1) is 15.0. The Morgan fingerprint density at radius 1 is 0.806 bits per heavy atom. The summed E-state index contributed by atoms with van der Waals surface area (Å²) >= 11 is 5.87. The summed E-state index contributed by atoms with van der Waals surface area (Å²) < 4.78 is 12.9. The van der Waals surface area contributed by atoms with Crippen LogP contribution in [0.5, 0.6) is 0 Å². The van der Waals surface area contributed by atoms with Crippen molar-refractivity contribution in [1.82, 2.24) is 16.0 Å². The topological polar surface area (TPSA) is 70.2 Å². The lowest BCUT2D eigenvalue weighted by Crippen LogP contribution is -2.39. The zero-order valence-corrected chi connectivity index (χ0v) is 18.3. The van der Waals surface area contributed by atoms with Crippen LogP contribution in [0.2, 0.25) is 5.02 Å². The summed E-state index contributed by atoms with van der Waals surface area (Å²) in [4.78, 5) is 24.1. The average Bonchev–Trinajstić information content (AvgIpc) is 2.78. The third-order valence-corrected chi connectivity index (χ3v) is 6.00. The highest BCUT2D eigenvalue weighted by Gasteiger charge is 2.22. The van der Waals surface area contributed by atoms with E-state index in [0.717, 1.165) is 36.8 Å². The first-order valence-corrected chi connectivity index (χ1v) is 11.1. The molecular formula is C24H29ClFN3O2. The van der Waals surface area contributed by atoms with Crippen molar-refractivity contribution >= 4 is 23.5 Å². The number of hydrogen-bond acceptors (Lipinski definition) is 2. The van der Waals surface area contributed by atoms with Gasteiger partial charge >= 0.3 is 6.03 Å². The molecule has 0 heterocycles. The first-order valence-electron chi connectivity index (χ1n) is 10.7. The fourth-order valence-electron chi connectivity index (χ4n) is 3.83. The van der Waals surface area contributed by atoms with E-state index in [4.69, 9.17) is 11.6 Å². The molecule has 0 unspecified atom stereocenters. The number of carbonyl (C=O) groups is 2. The van der Waals surface area contributed by atoms with E-state index in [0.29, 0.717) is 42.9 Å². The second-order valence-electron chi connectivity index (χ2n) is 8.18. The zero-order chi connectivity index (χ0) is 22.1. The monoisotopic (exact) mass is 445 g/mol. The molecule has 3 rings (SSSR count). The molecule has 0 bridgehead atoms. The molecule has 1 fully saturated rings. The smallest absolute Gasteiger partial charge is 0.315 e. The highest BCUT2D eigenvalue weighted by molar-refractivity contribution is 6.30. The third-order valence-electron chi connectivity index (χ3n) is 5.75. The Balaban J connectivity index is 1.27. The van der Waals surface area contributed by atoms with E-state index in [1.165, 1.54) is 12.1 Å². The van der Waals surface area contributed by atoms with Gasteiger partial charge in [0, 0.05) is 24.7 Å². The van der Waals surface area contributed by atoms with Gasteiger partial charge in [0.2, 0.25) is 5.91 Å². The third kappa shape index (κ3) is 8.21. The molecule has 0 aliphatic heterocycles. The average molecular weight is 446 g/mol. The van der Waals surface area contributed by atoms with Gasteiger partial charge in [-0.1, -0.05) is 35.9 Å². The van der Waals surface area contributed by atoms with Gasteiger partial charge in [-0.3, -0.25) is 4.79 Å². The summed E-state index contributed by atoms with van der Waals surface area (Å²) in [6.07, 6.45) is 4.53. The summed E-state index contributed by atoms with van der Waals surface area (Å²) in [5.74, 6) is 0.684. The van der Waals surface area contributed by atoms with Gasteiger partial charge < -0.3 is 16.0 Å². The first kappa shape index (κ1) is 23.1. The van der Waals surface area contributed by atoms with Crippen LogP contribution in [-0.2, 0) is 17.8 Å². The summed E-state index contributed by atoms with van der Waals surface area (Å²) in [7, 11) is 0. The lowest BCUT2D eigenvalue weighted by molar-refractivity contribution is -0.120. The van der Waals surface area contributed by atoms with Crippen LogP contribution in [0.3, 0.4) is 0 Å². The van der Waals surface area contributed by atoms with Crippen LogP contribution < -0.4 is 16.0 Å². The van der Waals surface area contributed by atoms with Crippen molar-refractivity contribution in [3.05, 3.63) is 70.5 Å². The molecule has 2 aromatic carbocycles. The number of benzene rings is 2. The van der Waals surface area contributed by atoms with E-state index in [2.05, 4.69) is 16.0 Å². The van der Waals surface area contributed by atoms with Gasteiger partial charge in [0.25, 0.3) is 0 Å². The molecule has 3 amide bonds. The van der Waals surface area contributed by atoms with E-state index >= 15 is 0 Å². The number of nitrogens with one attached hydrogen (secondary N) is 3. The minimum atomic E-state index is -0.287. The second-order valence-corrected chi connectivity index (χ2v) is 8.62. The molecule has 0 radical (unpaired) electrons. The summed E-state index contributed by atoms with van der Waals surface area (Å²) in [5.41, 5.74) is 1.81. The fraction of sp³-hybridized carbons (Fsp3) is 0.417. The highest BCUT2D eigenvalue weighted by atomic mass is 35.5. The molecule has 0 spiro atoms. The Bertz CT molecular complexity index is 850. The van der Waals surface area contributed by atoms with E-state index in [1.807, 2.05) is 12.1 Å². The van der Waals surface area contributed by atoms with Crippen LogP contribution in [0.4, 0.5) is 9.18 Å². The summed E-state index contributed by atoms with van der Waals surface area (Å²) in [6, 6.07) is 13.2. The zero-order valence-electron chi connectivity index (χ0n) is 17.5. The summed E-state index contributed by atoms with van der Waals surface area (Å²) in [6.45, 7) is 1.71. The molecule has 3 N–H and O–H groups in total. The van der Waals surface area contributed by atoms with Crippen molar-refractivity contribution in [2.24, 2.45) is 11.8 Å². The predicted molar refractivity (Wildman–Crippen MR) is 120 cm³/mol. The van der Waals surface area contributed by atoms with Crippen molar-refractivity contribution in [3.63, 3.8) is 0 Å². The molecule has 0 aromatic heterocycles. The molecule has 7 heteroatoms. The van der Waals surface area contributed by atoms with E-state index < -0.39 is 0 Å². The second kappa shape index (κ2) is 11.7. The fourth-order valence-corrected chi connectivity index (χ4v) is 3.96. The number of amides is 3. The molecule has 1 aliphatic carbocycles. The number of rotatable bonds is 8. The Morgan fingerprint density at radius 3 is 1.97 bits per heavy atom. The van der Waals surface area contributed by atoms with Gasteiger partial charge in [-0.2, -0.15) is 0 Å². The van der Waals surface area contributed by atoms with Gasteiger partial charge in [-0.25, -0.2) is 9.18 Å². The largest absolute Gasteiger partial charge is 0.356 e. The molecule has 1 aliphatic rings. The SMILES string of the molecule is O=C(Cc1ccc(Cl)cc1)NCC1CCC(CNC(=O)NCc2ccc(F)cc2)CC1. The molecule has 1 saturated carbocycles. The maximum absolute atomic E-state index is 12.9. The Hall–Kier alpha value is -2.60. The lowest BCUT2D eigenvalue weighted by atomic mass is 9.82. The predicted octanol–water partition coefficient (Wildman–Crippen LogP) is 4.44. The van der Waals surface area contributed by atoms with E-state index in [1.54, 1.807) is 24.3 Å². The standard InChI is InChI=1S/C24H29ClFN3O2/c25-21-9-5-17(6-10-21)13-23(30)27-14-18-1-3-19(4-2-18)15-28-24(31)29-16-20-7-11-22(26)12-8-20/h5-12,18-19H,1-4,13-16H2,(H,27,30)(H2,28,29,31). The van der Waals surface area contributed by atoms with E-state index in [-0.39, 0.29) is 17.8 Å². The van der Waals surface area contributed by atoms with Gasteiger partial charge in [0.15, 0.2) is 0 Å². The lowest BCUT2D eigenvalue weighted by Gasteiger charge is -2.28. The minimum absolute atomic E-state index is 0.0314. The van der Waals surface area contributed by atoms with Crippen molar-refractivity contribution < 1.29 is 14.0 Å². The van der Waals surface area contributed by atoms with Crippen LogP contribution in [0, 0.1) is 17.7 Å². The minimum Gasteiger partial charge on any atom is -0.356 e. The number of carbonyl (C=O) groups excluding carboxylic acids is 2. The van der Waals surface area contributed by atoms with Crippen LogP contribution in [0.15, 0.2) is 48.5 Å². The molecule has 0 saturated heterocycles.